The van der Waals surface area contributed by atoms with Crippen molar-refractivity contribution in [2.45, 2.75) is 206 Å². The van der Waals surface area contributed by atoms with Gasteiger partial charge >= 0.3 is 0 Å². The van der Waals surface area contributed by atoms with Gasteiger partial charge in [-0.05, 0) is 193 Å². The Morgan fingerprint density at radius 3 is 1.63 bits per heavy atom. The third-order valence-electron chi connectivity index (χ3n) is 21.3. The molecule has 0 saturated heterocycles. The molecule has 0 spiro atoms. The quantitative estimate of drug-likeness (QED) is 0.163. The Kier molecular flexibility index (Phi) is 10.9. The first kappa shape index (κ1) is 51.4. The summed E-state index contributed by atoms with van der Waals surface area (Å²) in [6.07, 6.45) is 8.25. The monoisotopic (exact) mass is 1030 g/mol. The van der Waals surface area contributed by atoms with Crippen molar-refractivity contribution in [3.8, 4) is 11.1 Å². The zero-order valence-corrected chi connectivity index (χ0v) is 50.5. The highest BCUT2D eigenvalue weighted by Gasteiger charge is 2.58. The highest BCUT2D eigenvalue weighted by Crippen LogP contribution is 2.63. The van der Waals surface area contributed by atoms with E-state index in [1.54, 1.807) is 0 Å². The minimum absolute atomic E-state index is 0.00658. The zero-order valence-electron chi connectivity index (χ0n) is 50.5. The Balaban J connectivity index is 1.22. The lowest BCUT2D eigenvalue weighted by Crippen LogP contribution is -2.62. The number of anilines is 8. The van der Waals surface area contributed by atoms with Gasteiger partial charge in [-0.25, -0.2) is 0 Å². The number of hydrogen-bond donors (Lipinski definition) is 0. The molecule has 4 heteroatoms. The molecule has 2 atom stereocenters. The van der Waals surface area contributed by atoms with Crippen LogP contribution < -0.4 is 31.1 Å². The van der Waals surface area contributed by atoms with Gasteiger partial charge in [-0.1, -0.05) is 196 Å². The normalized spacial score (nSPS) is 22.7. The Labute approximate surface area is 470 Å². The van der Waals surface area contributed by atoms with Crippen LogP contribution in [-0.2, 0) is 37.9 Å². The molecule has 3 aliphatic carbocycles. The van der Waals surface area contributed by atoms with Gasteiger partial charge in [-0.3, -0.25) is 0 Å². The van der Waals surface area contributed by atoms with Gasteiger partial charge in [0.1, 0.15) is 0 Å². The summed E-state index contributed by atoms with van der Waals surface area (Å²) in [5.41, 5.74) is 28.5. The molecule has 1 saturated carbocycles. The summed E-state index contributed by atoms with van der Waals surface area (Å²) < 4.78 is 0. The Bertz CT molecular complexity index is 3650. The lowest BCUT2D eigenvalue weighted by molar-refractivity contribution is 0.195. The van der Waals surface area contributed by atoms with Gasteiger partial charge in [0.05, 0.1) is 11.2 Å². The fourth-order valence-corrected chi connectivity index (χ4v) is 16.7. The minimum atomic E-state index is -0.138. The van der Waals surface area contributed by atoms with Crippen LogP contribution >= 0.6 is 0 Å². The predicted octanol–water partition coefficient (Wildman–Crippen LogP) is 18.4. The van der Waals surface area contributed by atoms with E-state index in [0.29, 0.717) is 0 Å². The van der Waals surface area contributed by atoms with Crippen molar-refractivity contribution in [3.05, 3.63) is 172 Å². The number of para-hydroxylation sites is 1. The number of fused-ring (bicyclic) bond motifs is 9. The van der Waals surface area contributed by atoms with Crippen molar-refractivity contribution in [2.24, 2.45) is 0 Å². The van der Waals surface area contributed by atoms with Crippen molar-refractivity contribution in [3.63, 3.8) is 0 Å². The van der Waals surface area contributed by atoms with Crippen LogP contribution in [0.2, 0.25) is 0 Å². The maximum atomic E-state index is 2.85. The smallest absolute Gasteiger partial charge is 0.252 e. The molecule has 400 valence electrons. The molecule has 13 rings (SSSR count). The second-order valence-electron chi connectivity index (χ2n) is 30.4. The summed E-state index contributed by atoms with van der Waals surface area (Å²) in [5, 5.41) is 0. The third-order valence-corrected chi connectivity index (χ3v) is 21.3. The van der Waals surface area contributed by atoms with Gasteiger partial charge in [0, 0.05) is 50.8 Å². The van der Waals surface area contributed by atoms with Crippen LogP contribution in [0.15, 0.2) is 127 Å². The minimum Gasteiger partial charge on any atom is -0.334 e. The average molecular weight is 1030 g/mol. The zero-order chi connectivity index (χ0) is 55.2. The van der Waals surface area contributed by atoms with E-state index in [1.807, 2.05) is 0 Å². The van der Waals surface area contributed by atoms with Crippen molar-refractivity contribution in [2.75, 3.05) is 14.7 Å². The van der Waals surface area contributed by atoms with Crippen LogP contribution in [-0.4, -0.2) is 12.3 Å². The molecule has 0 bridgehead atoms. The van der Waals surface area contributed by atoms with Gasteiger partial charge in [-0.2, -0.15) is 0 Å². The van der Waals surface area contributed by atoms with Gasteiger partial charge in [0.2, 0.25) is 0 Å². The maximum absolute atomic E-state index is 2.85. The number of aryl methyl sites for hydroxylation is 1. The van der Waals surface area contributed by atoms with Gasteiger partial charge in [0.15, 0.2) is 0 Å². The molecule has 3 heterocycles. The van der Waals surface area contributed by atoms with Crippen molar-refractivity contribution in [1.29, 1.82) is 0 Å². The maximum Gasteiger partial charge on any atom is 0.252 e. The van der Waals surface area contributed by atoms with E-state index in [1.165, 1.54) is 137 Å². The first-order valence-electron chi connectivity index (χ1n) is 29.9. The third kappa shape index (κ3) is 7.28. The fraction of sp³-hybridized carbons (Fsp3) is 0.432. The van der Waals surface area contributed by atoms with Crippen molar-refractivity contribution >= 4 is 68.6 Å². The molecule has 0 radical (unpaired) electrons. The second kappa shape index (κ2) is 16.5. The van der Waals surface area contributed by atoms with Crippen LogP contribution in [0, 0.1) is 6.92 Å². The average Bonchev–Trinajstić information content (AvgIpc) is 2.31. The fourth-order valence-electron chi connectivity index (χ4n) is 16.7. The lowest BCUT2D eigenvalue weighted by Gasteiger charge is -2.51. The summed E-state index contributed by atoms with van der Waals surface area (Å²) >= 11 is 0. The van der Waals surface area contributed by atoms with Gasteiger partial charge < -0.3 is 14.7 Å². The summed E-state index contributed by atoms with van der Waals surface area (Å²) in [7, 11) is 0. The van der Waals surface area contributed by atoms with Crippen LogP contribution in [0.3, 0.4) is 0 Å². The summed E-state index contributed by atoms with van der Waals surface area (Å²) in [4.78, 5) is 8.40. The lowest BCUT2D eigenvalue weighted by atomic mass is 9.33. The van der Waals surface area contributed by atoms with E-state index >= 15 is 0 Å². The van der Waals surface area contributed by atoms with Gasteiger partial charge in [0.25, 0.3) is 6.71 Å². The molecule has 2 unspecified atom stereocenters. The molecule has 0 N–H and O–H groups in total. The van der Waals surface area contributed by atoms with Crippen LogP contribution in [0.4, 0.5) is 45.5 Å². The SMILES string of the molecule is Cc1cc2c(cc1N1c3cc(C(C)(C)C)ccc3B3c4cc5c(cc4N(c4ccc(C(C)(C)C)cc4-c4ccccc4)c4cc(N6c7ccccc7C7(C)CCCCC67C)cc1c43)C(C)(C)CCC5(C)C)C(C)(C)CC2(C)C. The number of nitrogens with zero attached hydrogens (tertiary/aromatic N) is 3. The molecule has 0 aromatic heterocycles. The summed E-state index contributed by atoms with van der Waals surface area (Å²) in [6.45, 7) is 41.8. The van der Waals surface area contributed by atoms with Crippen LogP contribution in [0.25, 0.3) is 11.1 Å². The van der Waals surface area contributed by atoms with E-state index in [9.17, 15) is 0 Å². The van der Waals surface area contributed by atoms with E-state index in [4.69, 9.17) is 0 Å². The molecule has 6 aliphatic rings. The second-order valence-corrected chi connectivity index (χ2v) is 30.4. The molecular weight excluding hydrogens is 942 g/mol. The van der Waals surface area contributed by atoms with E-state index in [0.717, 1.165) is 25.7 Å². The van der Waals surface area contributed by atoms with E-state index in [2.05, 4.69) is 260 Å². The van der Waals surface area contributed by atoms with Crippen LogP contribution in [0.1, 0.15) is 200 Å². The first-order chi connectivity index (χ1) is 36.6. The first-order valence-corrected chi connectivity index (χ1v) is 29.9. The number of benzene rings is 7. The summed E-state index contributed by atoms with van der Waals surface area (Å²) in [5.74, 6) is 0. The van der Waals surface area contributed by atoms with Crippen molar-refractivity contribution in [1.82, 2.24) is 0 Å². The molecule has 78 heavy (non-hydrogen) atoms. The van der Waals surface area contributed by atoms with Crippen LogP contribution in [0.5, 0.6) is 0 Å². The van der Waals surface area contributed by atoms with E-state index < -0.39 is 0 Å². The summed E-state index contributed by atoms with van der Waals surface area (Å²) in [6, 6.07) is 51.9. The highest BCUT2D eigenvalue weighted by molar-refractivity contribution is 7.00. The molecule has 7 aromatic rings. The van der Waals surface area contributed by atoms with Crippen molar-refractivity contribution < 1.29 is 0 Å². The Morgan fingerprint density at radius 2 is 0.962 bits per heavy atom. The Hall–Kier alpha value is -6.00. The van der Waals surface area contributed by atoms with Gasteiger partial charge in [-0.15, -0.1) is 0 Å². The predicted molar refractivity (Wildman–Crippen MR) is 337 cm³/mol. The molecule has 7 aromatic carbocycles. The topological polar surface area (TPSA) is 9.72 Å². The molecule has 0 amide bonds. The number of rotatable bonds is 4. The molecular formula is C74H86BN3. The van der Waals surface area contributed by atoms with E-state index in [-0.39, 0.29) is 50.2 Å². The largest absolute Gasteiger partial charge is 0.334 e. The standard InChI is InChI=1S/C74H86BN3/c1-46-37-53-56(72(14,15)45-71(53,12)13)43-61(46)77-62-39-49(68(5,6)7)29-31-57(62)75-58-42-54-55(70(10,11)36-35-69(54,8)9)44-63(58)76(59-32-30-48(67(2,3)4)38-51(59)47-25-19-18-20-26-47)64-40-50(41-65(77)66(64)75)78-60-28-22-21-27-52(60)73(16)33-23-24-34-74(73,78)17/h18-22,25-32,37-44H,23-24,33-36,45H2,1-17H3. The molecule has 3 aliphatic heterocycles. The molecule has 1 fully saturated rings. The highest BCUT2D eigenvalue weighted by atomic mass is 15.3. The molecule has 3 nitrogen and oxygen atoms in total. The Morgan fingerprint density at radius 1 is 0.423 bits per heavy atom. The number of hydrogen-bond acceptors (Lipinski definition) is 3.